The van der Waals surface area contributed by atoms with E-state index < -0.39 is 12.1 Å². The first-order valence-corrected chi connectivity index (χ1v) is 9.15. The van der Waals surface area contributed by atoms with Crippen LogP contribution in [0.15, 0.2) is 34.4 Å². The zero-order chi connectivity index (χ0) is 20.3. The number of amides is 3. The van der Waals surface area contributed by atoms with Gasteiger partial charge in [-0.15, -0.1) is 5.10 Å². The number of fused-ring (bicyclic) bond motifs is 1. The minimum atomic E-state index is -0.676. The number of amidine groups is 1. The SMILES string of the molecule is CCOCC[N+]1=C(N/N=C/c2ccc(C)cc2)N=C2C1C(=O)N(C)C(=O)N2C. The number of hydrogen-bond donors (Lipinski definition) is 1. The van der Waals surface area contributed by atoms with Crippen molar-refractivity contribution >= 4 is 29.9 Å². The second kappa shape index (κ2) is 8.30. The van der Waals surface area contributed by atoms with E-state index in [1.807, 2.05) is 38.1 Å². The number of carbonyl (C=O) groups is 2. The van der Waals surface area contributed by atoms with E-state index in [2.05, 4.69) is 15.5 Å². The maximum Gasteiger partial charge on any atom is 0.414 e. The van der Waals surface area contributed by atoms with Crippen LogP contribution in [-0.4, -0.2) is 84.2 Å². The van der Waals surface area contributed by atoms with Gasteiger partial charge in [0.1, 0.15) is 0 Å². The largest absolute Gasteiger partial charge is 0.414 e. The maximum atomic E-state index is 12.7. The lowest BCUT2D eigenvalue weighted by Crippen LogP contribution is -2.61. The third-order valence-electron chi connectivity index (χ3n) is 4.67. The van der Waals surface area contributed by atoms with Crippen LogP contribution in [0.25, 0.3) is 0 Å². The number of hydrogen-bond acceptors (Lipinski definition) is 6. The van der Waals surface area contributed by atoms with E-state index in [-0.39, 0.29) is 5.91 Å². The summed E-state index contributed by atoms with van der Waals surface area (Å²) in [5.41, 5.74) is 5.01. The van der Waals surface area contributed by atoms with Crippen LogP contribution in [-0.2, 0) is 9.53 Å². The summed E-state index contributed by atoms with van der Waals surface area (Å²) in [4.78, 5) is 31.9. The fourth-order valence-corrected chi connectivity index (χ4v) is 3.05. The Bertz CT molecular complexity index is 859. The molecule has 1 atom stereocenters. The Morgan fingerprint density at radius 3 is 2.64 bits per heavy atom. The summed E-state index contributed by atoms with van der Waals surface area (Å²) in [6.07, 6.45) is 1.68. The molecule has 0 aromatic heterocycles. The Morgan fingerprint density at radius 1 is 1.25 bits per heavy atom. The van der Waals surface area contributed by atoms with E-state index in [0.29, 0.717) is 31.6 Å². The lowest BCUT2D eigenvalue weighted by atomic mass is 10.1. The predicted molar refractivity (Wildman–Crippen MR) is 106 cm³/mol. The molecule has 2 heterocycles. The highest BCUT2D eigenvalue weighted by Gasteiger charge is 2.51. The van der Waals surface area contributed by atoms with Gasteiger partial charge in [-0.05, 0) is 19.4 Å². The van der Waals surface area contributed by atoms with Crippen LogP contribution in [0.5, 0.6) is 0 Å². The molecule has 1 saturated heterocycles. The first-order chi connectivity index (χ1) is 13.4. The van der Waals surface area contributed by atoms with Crippen molar-refractivity contribution in [3.63, 3.8) is 0 Å². The lowest BCUT2D eigenvalue weighted by Gasteiger charge is -2.31. The normalized spacial score (nSPS) is 19.6. The smallest absolute Gasteiger partial charge is 0.378 e. The molecule has 28 heavy (non-hydrogen) atoms. The van der Waals surface area contributed by atoms with Gasteiger partial charge in [-0.25, -0.2) is 9.37 Å². The first kappa shape index (κ1) is 19.7. The van der Waals surface area contributed by atoms with Crippen molar-refractivity contribution < 1.29 is 18.9 Å². The van der Waals surface area contributed by atoms with Crippen LogP contribution in [0.3, 0.4) is 0 Å². The molecule has 9 heteroatoms. The number of guanidine groups is 1. The Labute approximate surface area is 164 Å². The molecule has 1 unspecified atom stereocenters. The highest BCUT2D eigenvalue weighted by molar-refractivity contribution is 6.22. The third kappa shape index (κ3) is 3.79. The van der Waals surface area contributed by atoms with E-state index in [9.17, 15) is 9.59 Å². The Balaban J connectivity index is 1.85. The molecule has 148 valence electrons. The van der Waals surface area contributed by atoms with Gasteiger partial charge in [-0.3, -0.25) is 14.6 Å². The van der Waals surface area contributed by atoms with Crippen molar-refractivity contribution in [1.82, 2.24) is 15.2 Å². The molecule has 1 aromatic rings. The summed E-state index contributed by atoms with van der Waals surface area (Å²) in [6.45, 7) is 5.37. The number of imide groups is 1. The molecule has 3 amide bonds. The minimum Gasteiger partial charge on any atom is -0.378 e. The van der Waals surface area contributed by atoms with Crippen molar-refractivity contribution in [2.24, 2.45) is 10.1 Å². The molecule has 0 saturated carbocycles. The number of aryl methyl sites for hydroxylation is 1. The van der Waals surface area contributed by atoms with Crippen molar-refractivity contribution in [3.05, 3.63) is 35.4 Å². The fraction of sp³-hybridized carbons (Fsp3) is 0.421. The highest BCUT2D eigenvalue weighted by atomic mass is 16.5. The molecule has 1 aromatic carbocycles. The fourth-order valence-electron chi connectivity index (χ4n) is 3.05. The van der Waals surface area contributed by atoms with E-state index in [4.69, 9.17) is 4.74 Å². The highest BCUT2D eigenvalue weighted by Crippen LogP contribution is 2.18. The van der Waals surface area contributed by atoms with Crippen molar-refractivity contribution in [2.75, 3.05) is 33.9 Å². The Kier molecular flexibility index (Phi) is 5.84. The summed E-state index contributed by atoms with van der Waals surface area (Å²) in [5.74, 6) is 0.474. The minimum absolute atomic E-state index is 0.322. The summed E-state index contributed by atoms with van der Waals surface area (Å²) in [5, 5.41) is 4.25. The van der Waals surface area contributed by atoms with Gasteiger partial charge in [0.15, 0.2) is 0 Å². The number of aliphatic imine (C=N–C) groups is 1. The van der Waals surface area contributed by atoms with Gasteiger partial charge in [0, 0.05) is 20.7 Å². The molecule has 0 bridgehead atoms. The van der Waals surface area contributed by atoms with Gasteiger partial charge in [0.05, 0.1) is 19.4 Å². The quantitative estimate of drug-likeness (QED) is 0.337. The molecular weight excluding hydrogens is 360 g/mol. The van der Waals surface area contributed by atoms with Gasteiger partial charge in [-0.2, -0.15) is 5.43 Å². The number of nitrogens with one attached hydrogen (secondary N) is 1. The molecule has 0 spiro atoms. The molecule has 3 rings (SSSR count). The number of likely N-dealkylation sites (N-methyl/N-ethyl adjacent to an activating group) is 2. The number of hydrazone groups is 1. The Hall–Kier alpha value is -3.07. The maximum absolute atomic E-state index is 12.7. The molecule has 0 aliphatic carbocycles. The van der Waals surface area contributed by atoms with Crippen LogP contribution >= 0.6 is 0 Å². The van der Waals surface area contributed by atoms with Gasteiger partial charge < -0.3 is 4.74 Å². The number of ether oxygens (including phenoxy) is 1. The van der Waals surface area contributed by atoms with Crippen LogP contribution in [0, 0.1) is 6.92 Å². The van der Waals surface area contributed by atoms with Crippen LogP contribution in [0.1, 0.15) is 18.1 Å². The van der Waals surface area contributed by atoms with Gasteiger partial charge >= 0.3 is 12.0 Å². The van der Waals surface area contributed by atoms with Crippen LogP contribution in [0.2, 0.25) is 0 Å². The Morgan fingerprint density at radius 2 is 1.96 bits per heavy atom. The average molecular weight is 385 g/mol. The number of benzene rings is 1. The van der Waals surface area contributed by atoms with E-state index in [0.717, 1.165) is 10.5 Å². The second-order valence-corrected chi connectivity index (χ2v) is 6.61. The topological polar surface area (TPSA) is 89.6 Å². The molecule has 2 aliphatic rings. The molecule has 0 radical (unpaired) electrons. The van der Waals surface area contributed by atoms with Crippen molar-refractivity contribution in [3.8, 4) is 0 Å². The lowest BCUT2D eigenvalue weighted by molar-refractivity contribution is -0.539. The van der Waals surface area contributed by atoms with Gasteiger partial charge in [0.2, 0.25) is 11.9 Å². The number of urea groups is 1. The van der Waals surface area contributed by atoms with E-state index in [1.54, 1.807) is 17.8 Å². The van der Waals surface area contributed by atoms with E-state index >= 15 is 0 Å². The monoisotopic (exact) mass is 385 g/mol. The van der Waals surface area contributed by atoms with Crippen LogP contribution < -0.4 is 5.43 Å². The zero-order valence-electron chi connectivity index (χ0n) is 16.5. The summed E-state index contributed by atoms with van der Waals surface area (Å²) >= 11 is 0. The standard InChI is InChI=1S/C19H24N6O3/c1-5-28-11-10-25-15-16(23(3)19(27)24(4)17(15)26)21-18(25)22-20-12-14-8-6-13(2)7-9-14/h6-9,12,15H,5,10-11H2,1-4H3/p+1/b20-12+. The molecule has 1 fully saturated rings. The van der Waals surface area contributed by atoms with Crippen molar-refractivity contribution in [2.45, 2.75) is 19.9 Å². The number of nitrogens with zero attached hydrogens (tertiary/aromatic N) is 5. The van der Waals surface area contributed by atoms with Crippen LogP contribution in [0.4, 0.5) is 4.79 Å². The number of rotatable bonds is 6. The van der Waals surface area contributed by atoms with Gasteiger partial charge in [-0.1, -0.05) is 34.8 Å². The molecule has 2 aliphatic heterocycles. The second-order valence-electron chi connectivity index (χ2n) is 6.61. The predicted octanol–water partition coefficient (Wildman–Crippen LogP) is 0.628. The van der Waals surface area contributed by atoms with Crippen molar-refractivity contribution in [1.29, 1.82) is 0 Å². The van der Waals surface area contributed by atoms with E-state index in [1.165, 1.54) is 17.5 Å². The first-order valence-electron chi connectivity index (χ1n) is 9.15. The summed E-state index contributed by atoms with van der Waals surface area (Å²) < 4.78 is 7.22. The number of carbonyl (C=O) groups excluding carboxylic acids is 2. The average Bonchev–Trinajstić information content (AvgIpc) is 3.05. The molecule has 1 N–H and O–H groups in total. The van der Waals surface area contributed by atoms with Gasteiger partial charge in [0.25, 0.3) is 5.91 Å². The molecule has 9 nitrogen and oxygen atoms in total. The third-order valence-corrected chi connectivity index (χ3v) is 4.67. The molecular formula is C19H25N6O3+. The summed E-state index contributed by atoms with van der Waals surface area (Å²) in [7, 11) is 3.08. The zero-order valence-corrected chi connectivity index (χ0v) is 16.5. The summed E-state index contributed by atoms with van der Waals surface area (Å²) in [6, 6.07) is 6.84.